The lowest BCUT2D eigenvalue weighted by Crippen LogP contribution is -2.27. The fourth-order valence-corrected chi connectivity index (χ4v) is 2.07. The van der Waals surface area contributed by atoms with Gasteiger partial charge in [-0.05, 0) is 44.2 Å². The van der Waals surface area contributed by atoms with Gasteiger partial charge in [-0.3, -0.25) is 0 Å². The molecule has 1 fully saturated rings. The van der Waals surface area contributed by atoms with Gasteiger partial charge in [0.25, 0.3) is 0 Å². The Kier molecular flexibility index (Phi) is 4.41. The zero-order valence-corrected chi connectivity index (χ0v) is 10.3. The summed E-state index contributed by atoms with van der Waals surface area (Å²) in [4.78, 5) is 0. The molecule has 16 heavy (non-hydrogen) atoms. The predicted molar refractivity (Wildman–Crippen MR) is 69.6 cm³/mol. The maximum atomic E-state index is 3.62. The van der Waals surface area contributed by atoms with Crippen molar-refractivity contribution in [2.75, 3.05) is 6.54 Å². The molecule has 1 aromatic rings. The van der Waals surface area contributed by atoms with E-state index in [4.69, 9.17) is 0 Å². The summed E-state index contributed by atoms with van der Waals surface area (Å²) in [6.45, 7) is 3.51. The normalized spacial score (nSPS) is 17.3. The first kappa shape index (κ1) is 11.7. The molecule has 1 atom stereocenters. The van der Waals surface area contributed by atoms with E-state index in [1.807, 2.05) is 0 Å². The maximum Gasteiger partial charge on any atom is 0.00418 e. The quantitative estimate of drug-likeness (QED) is 0.738. The van der Waals surface area contributed by atoms with Crippen LogP contribution in [0.25, 0.3) is 0 Å². The first-order valence-electron chi connectivity index (χ1n) is 6.62. The van der Waals surface area contributed by atoms with Gasteiger partial charge in [-0.2, -0.15) is 0 Å². The number of rotatable bonds is 7. The van der Waals surface area contributed by atoms with Crippen molar-refractivity contribution in [3.63, 3.8) is 0 Å². The van der Waals surface area contributed by atoms with Crippen molar-refractivity contribution < 1.29 is 0 Å². The van der Waals surface area contributed by atoms with Gasteiger partial charge in [-0.1, -0.05) is 43.2 Å². The van der Waals surface area contributed by atoms with E-state index >= 15 is 0 Å². The highest BCUT2D eigenvalue weighted by Gasteiger charge is 2.20. The number of hydrogen-bond acceptors (Lipinski definition) is 1. The SMILES string of the molecule is CC(CCc1ccccc1)NCCC1CC1. The second-order valence-electron chi connectivity index (χ2n) is 5.11. The van der Waals surface area contributed by atoms with Crippen molar-refractivity contribution in [3.05, 3.63) is 35.9 Å². The fourth-order valence-electron chi connectivity index (χ4n) is 2.07. The molecule has 0 heterocycles. The largest absolute Gasteiger partial charge is 0.314 e. The lowest BCUT2D eigenvalue weighted by molar-refractivity contribution is 0.495. The van der Waals surface area contributed by atoms with Crippen LogP contribution in [0.5, 0.6) is 0 Å². The Balaban J connectivity index is 1.57. The number of nitrogens with one attached hydrogen (secondary N) is 1. The van der Waals surface area contributed by atoms with Crippen molar-refractivity contribution in [2.45, 2.75) is 45.1 Å². The highest BCUT2D eigenvalue weighted by atomic mass is 14.9. The van der Waals surface area contributed by atoms with Crippen LogP contribution < -0.4 is 5.32 Å². The second kappa shape index (κ2) is 6.05. The number of aryl methyl sites for hydroxylation is 1. The van der Waals surface area contributed by atoms with Crippen molar-refractivity contribution in [3.8, 4) is 0 Å². The molecule has 1 nitrogen and oxygen atoms in total. The molecule has 0 aromatic heterocycles. The molecule has 1 saturated carbocycles. The summed E-state index contributed by atoms with van der Waals surface area (Å²) in [5, 5.41) is 3.62. The van der Waals surface area contributed by atoms with E-state index in [0.717, 1.165) is 5.92 Å². The Morgan fingerprint density at radius 2 is 2.00 bits per heavy atom. The monoisotopic (exact) mass is 217 g/mol. The van der Waals surface area contributed by atoms with Crippen LogP contribution in [0, 0.1) is 5.92 Å². The van der Waals surface area contributed by atoms with Gasteiger partial charge < -0.3 is 5.32 Å². The number of hydrogen-bond donors (Lipinski definition) is 1. The summed E-state index contributed by atoms with van der Waals surface area (Å²) < 4.78 is 0. The molecule has 0 amide bonds. The molecule has 1 aliphatic rings. The molecule has 1 aliphatic carbocycles. The van der Waals surface area contributed by atoms with Gasteiger partial charge in [0, 0.05) is 6.04 Å². The second-order valence-corrected chi connectivity index (χ2v) is 5.11. The van der Waals surface area contributed by atoms with Crippen LogP contribution in [0.2, 0.25) is 0 Å². The van der Waals surface area contributed by atoms with E-state index in [0.29, 0.717) is 6.04 Å². The van der Waals surface area contributed by atoms with E-state index in [-0.39, 0.29) is 0 Å². The smallest absolute Gasteiger partial charge is 0.00418 e. The molecular weight excluding hydrogens is 194 g/mol. The summed E-state index contributed by atoms with van der Waals surface area (Å²) in [7, 11) is 0. The van der Waals surface area contributed by atoms with Crippen LogP contribution >= 0.6 is 0 Å². The van der Waals surface area contributed by atoms with Gasteiger partial charge in [0.15, 0.2) is 0 Å². The Morgan fingerprint density at radius 3 is 2.69 bits per heavy atom. The minimum Gasteiger partial charge on any atom is -0.314 e. The lowest BCUT2D eigenvalue weighted by atomic mass is 10.1. The zero-order chi connectivity index (χ0) is 11.2. The third kappa shape index (κ3) is 4.36. The average molecular weight is 217 g/mol. The molecule has 1 unspecified atom stereocenters. The molecule has 0 aliphatic heterocycles. The molecule has 0 saturated heterocycles. The first-order chi connectivity index (χ1) is 7.84. The van der Waals surface area contributed by atoms with Gasteiger partial charge in [-0.25, -0.2) is 0 Å². The molecule has 1 N–H and O–H groups in total. The summed E-state index contributed by atoms with van der Waals surface area (Å²) in [6, 6.07) is 11.4. The summed E-state index contributed by atoms with van der Waals surface area (Å²) in [6.07, 6.45) is 6.77. The van der Waals surface area contributed by atoms with Crippen molar-refractivity contribution in [1.29, 1.82) is 0 Å². The standard InChI is InChI=1S/C15H23N/c1-13(16-12-11-15-9-10-15)7-8-14-5-3-2-4-6-14/h2-6,13,15-16H,7-12H2,1H3. The molecule has 2 rings (SSSR count). The molecule has 1 heteroatoms. The Bertz CT molecular complexity index is 290. The molecule has 88 valence electrons. The fraction of sp³-hybridized carbons (Fsp3) is 0.600. The minimum atomic E-state index is 0.652. The highest BCUT2D eigenvalue weighted by molar-refractivity contribution is 5.14. The van der Waals surface area contributed by atoms with Crippen LogP contribution in [0.15, 0.2) is 30.3 Å². The van der Waals surface area contributed by atoms with Gasteiger partial charge in [-0.15, -0.1) is 0 Å². The van der Waals surface area contributed by atoms with E-state index in [1.54, 1.807) is 0 Å². The third-order valence-electron chi connectivity index (χ3n) is 3.45. The lowest BCUT2D eigenvalue weighted by Gasteiger charge is -2.13. The minimum absolute atomic E-state index is 0.652. The van der Waals surface area contributed by atoms with Crippen LogP contribution in [-0.2, 0) is 6.42 Å². The van der Waals surface area contributed by atoms with Crippen molar-refractivity contribution >= 4 is 0 Å². The van der Waals surface area contributed by atoms with E-state index < -0.39 is 0 Å². The summed E-state index contributed by atoms with van der Waals surface area (Å²) in [5.41, 5.74) is 1.46. The average Bonchev–Trinajstić information content (AvgIpc) is 3.12. The maximum absolute atomic E-state index is 3.62. The zero-order valence-electron chi connectivity index (χ0n) is 10.3. The molecule has 0 spiro atoms. The topological polar surface area (TPSA) is 12.0 Å². The van der Waals surface area contributed by atoms with Gasteiger partial charge >= 0.3 is 0 Å². The van der Waals surface area contributed by atoms with Crippen LogP contribution in [-0.4, -0.2) is 12.6 Å². The Morgan fingerprint density at radius 1 is 1.25 bits per heavy atom. The Hall–Kier alpha value is -0.820. The highest BCUT2D eigenvalue weighted by Crippen LogP contribution is 2.31. The van der Waals surface area contributed by atoms with Gasteiger partial charge in [0.1, 0.15) is 0 Å². The van der Waals surface area contributed by atoms with Crippen molar-refractivity contribution in [2.24, 2.45) is 5.92 Å². The van der Waals surface area contributed by atoms with Crippen LogP contribution in [0.4, 0.5) is 0 Å². The van der Waals surface area contributed by atoms with Gasteiger partial charge in [0.05, 0.1) is 0 Å². The molecule has 0 radical (unpaired) electrons. The van der Waals surface area contributed by atoms with Crippen molar-refractivity contribution in [1.82, 2.24) is 5.32 Å². The predicted octanol–water partition coefficient (Wildman–Crippen LogP) is 3.40. The molecule has 0 bridgehead atoms. The van der Waals surface area contributed by atoms with Crippen LogP contribution in [0.1, 0.15) is 38.2 Å². The van der Waals surface area contributed by atoms with Gasteiger partial charge in [0.2, 0.25) is 0 Å². The first-order valence-corrected chi connectivity index (χ1v) is 6.62. The number of benzene rings is 1. The van der Waals surface area contributed by atoms with Crippen LogP contribution in [0.3, 0.4) is 0 Å². The third-order valence-corrected chi connectivity index (χ3v) is 3.45. The van der Waals surface area contributed by atoms with E-state index in [2.05, 4.69) is 42.6 Å². The molecule has 1 aromatic carbocycles. The molecular formula is C15H23N. The summed E-state index contributed by atoms with van der Waals surface area (Å²) >= 11 is 0. The summed E-state index contributed by atoms with van der Waals surface area (Å²) in [5.74, 6) is 1.05. The van der Waals surface area contributed by atoms with E-state index in [9.17, 15) is 0 Å². The Labute approximate surface area is 99.3 Å². The van der Waals surface area contributed by atoms with E-state index in [1.165, 1.54) is 44.2 Å².